The maximum atomic E-state index is 12.9. The molecule has 0 spiro atoms. The third-order valence-corrected chi connectivity index (χ3v) is 5.31. The van der Waals surface area contributed by atoms with Gasteiger partial charge in [0.25, 0.3) is 0 Å². The number of amides is 1. The largest absolute Gasteiger partial charge is 0.491 e. The molecule has 1 fully saturated rings. The Morgan fingerprint density at radius 2 is 1.76 bits per heavy atom. The van der Waals surface area contributed by atoms with Crippen LogP contribution in [0, 0.1) is 0 Å². The molecule has 0 aromatic heterocycles. The van der Waals surface area contributed by atoms with Gasteiger partial charge in [-0.15, -0.1) is 0 Å². The monoisotopic (exact) mass is 395 g/mol. The maximum absolute atomic E-state index is 12.9. The summed E-state index contributed by atoms with van der Waals surface area (Å²) in [4.78, 5) is 12.9. The van der Waals surface area contributed by atoms with Crippen LogP contribution in [-0.4, -0.2) is 30.3 Å². The van der Waals surface area contributed by atoms with Gasteiger partial charge in [-0.05, 0) is 63.8 Å². The average Bonchev–Trinajstić information content (AvgIpc) is 2.66. The van der Waals surface area contributed by atoms with Crippen molar-refractivity contribution in [2.75, 3.05) is 6.61 Å². The fourth-order valence-electron chi connectivity index (χ4n) is 3.99. The van der Waals surface area contributed by atoms with E-state index in [1.807, 2.05) is 44.2 Å². The fourth-order valence-corrected chi connectivity index (χ4v) is 3.99. The molecule has 1 amide bonds. The standard InChI is InChI=1S/C25H33NO3/c1-18(2)29-22-12-10-20(11-13-22)23(19-8-6-5-7-9-19)16-24(27)26-21-14-15-28-25(3,4)17-21/h5-13,18,21,23H,14-17H2,1-4H3,(H,26,27). The zero-order valence-electron chi connectivity index (χ0n) is 18.0. The summed E-state index contributed by atoms with van der Waals surface area (Å²) in [5.74, 6) is 0.950. The van der Waals surface area contributed by atoms with Crippen molar-refractivity contribution < 1.29 is 14.3 Å². The van der Waals surface area contributed by atoms with Crippen molar-refractivity contribution in [3.63, 3.8) is 0 Å². The molecule has 4 nitrogen and oxygen atoms in total. The summed E-state index contributed by atoms with van der Waals surface area (Å²) in [5, 5.41) is 3.24. The van der Waals surface area contributed by atoms with Gasteiger partial charge in [-0.1, -0.05) is 42.5 Å². The lowest BCUT2D eigenvalue weighted by molar-refractivity contribution is -0.124. The number of carbonyl (C=O) groups excluding carboxylic acids is 1. The predicted molar refractivity (Wildman–Crippen MR) is 116 cm³/mol. The van der Waals surface area contributed by atoms with E-state index in [1.54, 1.807) is 0 Å². The van der Waals surface area contributed by atoms with Gasteiger partial charge in [-0.2, -0.15) is 0 Å². The molecule has 1 saturated heterocycles. The highest BCUT2D eigenvalue weighted by molar-refractivity contribution is 5.78. The zero-order chi connectivity index (χ0) is 20.9. The topological polar surface area (TPSA) is 47.6 Å². The second kappa shape index (κ2) is 9.45. The van der Waals surface area contributed by atoms with Crippen LogP contribution in [0.3, 0.4) is 0 Å². The van der Waals surface area contributed by atoms with Crippen LogP contribution in [0.2, 0.25) is 0 Å². The lowest BCUT2D eigenvalue weighted by Gasteiger charge is -2.36. The number of carbonyl (C=O) groups is 1. The van der Waals surface area contributed by atoms with E-state index in [1.165, 1.54) is 0 Å². The molecule has 3 rings (SSSR count). The van der Waals surface area contributed by atoms with Gasteiger partial charge in [0.05, 0.1) is 11.7 Å². The second-order valence-corrected chi connectivity index (χ2v) is 8.77. The molecule has 0 aliphatic carbocycles. The van der Waals surface area contributed by atoms with Crippen LogP contribution in [0.25, 0.3) is 0 Å². The number of ether oxygens (including phenoxy) is 2. The molecule has 1 aliphatic heterocycles. The highest BCUT2D eigenvalue weighted by Gasteiger charge is 2.30. The third kappa shape index (κ3) is 6.33. The lowest BCUT2D eigenvalue weighted by atomic mass is 9.87. The van der Waals surface area contributed by atoms with Crippen LogP contribution < -0.4 is 10.1 Å². The predicted octanol–water partition coefficient (Wildman–Crippen LogP) is 5.07. The van der Waals surface area contributed by atoms with Crippen molar-refractivity contribution in [2.45, 2.75) is 70.6 Å². The Bertz CT molecular complexity index is 783. The van der Waals surface area contributed by atoms with E-state index in [-0.39, 0.29) is 29.6 Å². The van der Waals surface area contributed by atoms with Crippen molar-refractivity contribution in [3.8, 4) is 5.75 Å². The van der Waals surface area contributed by atoms with Gasteiger partial charge in [0.2, 0.25) is 5.91 Å². The van der Waals surface area contributed by atoms with Crippen LogP contribution in [0.5, 0.6) is 5.75 Å². The lowest BCUT2D eigenvalue weighted by Crippen LogP contribution is -2.46. The Morgan fingerprint density at radius 3 is 2.38 bits per heavy atom. The van der Waals surface area contributed by atoms with Crippen LogP contribution in [0.4, 0.5) is 0 Å². The van der Waals surface area contributed by atoms with Gasteiger partial charge in [0, 0.05) is 25.0 Å². The van der Waals surface area contributed by atoms with E-state index in [0.29, 0.717) is 13.0 Å². The smallest absolute Gasteiger partial charge is 0.221 e. The van der Waals surface area contributed by atoms with Crippen LogP contribution >= 0.6 is 0 Å². The first kappa shape index (κ1) is 21.4. The molecule has 4 heteroatoms. The molecule has 156 valence electrons. The van der Waals surface area contributed by atoms with Crippen molar-refractivity contribution in [3.05, 3.63) is 65.7 Å². The molecule has 0 bridgehead atoms. The first-order valence-electron chi connectivity index (χ1n) is 10.6. The molecular formula is C25H33NO3. The third-order valence-electron chi connectivity index (χ3n) is 5.31. The molecule has 0 saturated carbocycles. The first-order chi connectivity index (χ1) is 13.8. The Labute approximate surface area is 174 Å². The van der Waals surface area contributed by atoms with Crippen LogP contribution in [-0.2, 0) is 9.53 Å². The number of hydrogen-bond acceptors (Lipinski definition) is 3. The normalized spacial score (nSPS) is 19.6. The minimum atomic E-state index is -0.179. The molecule has 1 heterocycles. The van der Waals surface area contributed by atoms with E-state index in [0.717, 1.165) is 29.7 Å². The van der Waals surface area contributed by atoms with Crippen molar-refractivity contribution in [1.82, 2.24) is 5.32 Å². The molecule has 2 atom stereocenters. The highest BCUT2D eigenvalue weighted by Crippen LogP contribution is 2.30. The summed E-state index contributed by atoms with van der Waals surface area (Å²) in [6, 6.07) is 18.5. The van der Waals surface area contributed by atoms with E-state index >= 15 is 0 Å². The van der Waals surface area contributed by atoms with Crippen molar-refractivity contribution in [1.29, 1.82) is 0 Å². The summed E-state index contributed by atoms with van der Waals surface area (Å²) in [5.41, 5.74) is 2.09. The Kier molecular flexibility index (Phi) is 6.96. The summed E-state index contributed by atoms with van der Waals surface area (Å²) in [6.45, 7) is 8.89. The van der Waals surface area contributed by atoms with Gasteiger partial charge in [-0.3, -0.25) is 4.79 Å². The SMILES string of the molecule is CC(C)Oc1ccc(C(CC(=O)NC2CCOC(C)(C)C2)c2ccccc2)cc1. The molecule has 2 aromatic rings. The van der Waals surface area contributed by atoms with E-state index in [9.17, 15) is 4.79 Å². The van der Waals surface area contributed by atoms with Crippen LogP contribution in [0.15, 0.2) is 54.6 Å². The van der Waals surface area contributed by atoms with Crippen LogP contribution in [0.1, 0.15) is 64.0 Å². The quantitative estimate of drug-likeness (QED) is 0.712. The molecule has 1 N–H and O–H groups in total. The summed E-state index contributed by atoms with van der Waals surface area (Å²) >= 11 is 0. The molecular weight excluding hydrogens is 362 g/mol. The molecule has 2 aromatic carbocycles. The number of nitrogens with one attached hydrogen (secondary N) is 1. The number of rotatable bonds is 7. The van der Waals surface area contributed by atoms with Gasteiger partial charge >= 0.3 is 0 Å². The fraction of sp³-hybridized carbons (Fsp3) is 0.480. The van der Waals surface area contributed by atoms with E-state index < -0.39 is 0 Å². The van der Waals surface area contributed by atoms with E-state index in [2.05, 4.69) is 43.4 Å². The Morgan fingerprint density at radius 1 is 1.10 bits per heavy atom. The second-order valence-electron chi connectivity index (χ2n) is 8.77. The molecule has 1 aliphatic rings. The highest BCUT2D eigenvalue weighted by atomic mass is 16.5. The summed E-state index contributed by atoms with van der Waals surface area (Å²) in [7, 11) is 0. The average molecular weight is 396 g/mol. The first-order valence-corrected chi connectivity index (χ1v) is 10.6. The molecule has 29 heavy (non-hydrogen) atoms. The summed E-state index contributed by atoms with van der Waals surface area (Å²) < 4.78 is 11.5. The van der Waals surface area contributed by atoms with Gasteiger partial charge in [0.15, 0.2) is 0 Å². The summed E-state index contributed by atoms with van der Waals surface area (Å²) in [6.07, 6.45) is 2.27. The number of benzene rings is 2. The Hall–Kier alpha value is -2.33. The maximum Gasteiger partial charge on any atom is 0.221 e. The van der Waals surface area contributed by atoms with Crippen molar-refractivity contribution in [2.24, 2.45) is 0 Å². The van der Waals surface area contributed by atoms with Gasteiger partial charge in [-0.25, -0.2) is 0 Å². The Balaban J connectivity index is 1.73. The minimum Gasteiger partial charge on any atom is -0.491 e. The minimum absolute atomic E-state index is 0.0113. The van der Waals surface area contributed by atoms with Crippen molar-refractivity contribution >= 4 is 5.91 Å². The van der Waals surface area contributed by atoms with E-state index in [4.69, 9.17) is 9.47 Å². The van der Waals surface area contributed by atoms with Gasteiger partial charge < -0.3 is 14.8 Å². The number of hydrogen-bond donors (Lipinski definition) is 1. The molecule has 0 radical (unpaired) electrons. The van der Waals surface area contributed by atoms with Gasteiger partial charge in [0.1, 0.15) is 5.75 Å². The zero-order valence-corrected chi connectivity index (χ0v) is 18.0. The molecule has 2 unspecified atom stereocenters.